The van der Waals surface area contributed by atoms with Gasteiger partial charge in [-0.3, -0.25) is 4.79 Å². The van der Waals surface area contributed by atoms with Gasteiger partial charge in [0, 0.05) is 0 Å². The fourth-order valence-corrected chi connectivity index (χ4v) is 1.32. The van der Waals surface area contributed by atoms with Gasteiger partial charge in [-0.25, -0.2) is 9.18 Å². The Balaban J connectivity index is 2.98. The lowest BCUT2D eigenvalue weighted by molar-refractivity contribution is -0.118. The summed E-state index contributed by atoms with van der Waals surface area (Å²) in [6, 6.07) is 2.36. The molecule has 0 aliphatic carbocycles. The number of rotatable bonds is 4. The van der Waals surface area contributed by atoms with E-state index in [4.69, 9.17) is 10.8 Å². The number of carboxylic acid groups (broad SMARTS) is 1. The largest absolute Gasteiger partial charge is 0.478 e. The van der Waals surface area contributed by atoms with Gasteiger partial charge in [0.1, 0.15) is 5.82 Å². The van der Waals surface area contributed by atoms with Crippen molar-refractivity contribution in [1.29, 1.82) is 0 Å². The highest BCUT2D eigenvalue weighted by Crippen LogP contribution is 2.17. The maximum atomic E-state index is 12.9. The monoisotopic (exact) mass is 254 g/mol. The third kappa shape index (κ3) is 3.27. The minimum absolute atomic E-state index is 0.0324. The predicted octanol–water partition coefficient (Wildman–Crippen LogP) is 1.45. The highest BCUT2D eigenvalue weighted by molar-refractivity contribution is 6.02. The molecule has 0 radical (unpaired) electrons. The van der Waals surface area contributed by atoms with E-state index in [-0.39, 0.29) is 17.2 Å². The lowest BCUT2D eigenvalue weighted by Crippen LogP contribution is -2.40. The second kappa shape index (κ2) is 5.59. The van der Waals surface area contributed by atoms with Crippen molar-refractivity contribution in [2.45, 2.75) is 19.9 Å². The Hall–Kier alpha value is -1.95. The lowest BCUT2D eigenvalue weighted by Gasteiger charge is -2.16. The molecule has 1 atom stereocenters. The van der Waals surface area contributed by atoms with E-state index in [1.54, 1.807) is 13.8 Å². The highest BCUT2D eigenvalue weighted by Gasteiger charge is 2.20. The second-order valence-corrected chi connectivity index (χ2v) is 4.25. The zero-order chi connectivity index (χ0) is 13.9. The molecule has 1 amide bonds. The maximum absolute atomic E-state index is 12.9. The van der Waals surface area contributed by atoms with Crippen LogP contribution >= 0.6 is 0 Å². The van der Waals surface area contributed by atoms with E-state index in [2.05, 4.69) is 5.32 Å². The van der Waals surface area contributed by atoms with Gasteiger partial charge in [0.05, 0.1) is 17.3 Å². The van der Waals surface area contributed by atoms with E-state index >= 15 is 0 Å². The molecule has 0 aromatic heterocycles. The van der Waals surface area contributed by atoms with Crippen LogP contribution in [0.15, 0.2) is 18.2 Å². The molecular formula is C12H15FN2O3. The second-order valence-electron chi connectivity index (χ2n) is 4.25. The van der Waals surface area contributed by atoms with Crippen LogP contribution in [-0.2, 0) is 4.79 Å². The number of benzene rings is 1. The normalized spacial score (nSPS) is 12.3. The summed E-state index contributed by atoms with van der Waals surface area (Å²) in [4.78, 5) is 22.6. The Kier molecular flexibility index (Phi) is 4.38. The number of aromatic carboxylic acids is 1. The van der Waals surface area contributed by atoms with Gasteiger partial charge in [-0.15, -0.1) is 0 Å². The first-order valence-corrected chi connectivity index (χ1v) is 5.42. The van der Waals surface area contributed by atoms with Crippen LogP contribution in [0.25, 0.3) is 0 Å². The predicted molar refractivity (Wildman–Crippen MR) is 64.8 cm³/mol. The molecule has 0 aliphatic rings. The van der Waals surface area contributed by atoms with Crippen molar-refractivity contribution in [3.8, 4) is 0 Å². The fourth-order valence-electron chi connectivity index (χ4n) is 1.32. The van der Waals surface area contributed by atoms with Crippen LogP contribution in [0.2, 0.25) is 0 Å². The van der Waals surface area contributed by atoms with Crippen LogP contribution in [0.4, 0.5) is 10.1 Å². The zero-order valence-corrected chi connectivity index (χ0v) is 10.1. The van der Waals surface area contributed by atoms with Crippen molar-refractivity contribution >= 4 is 17.6 Å². The zero-order valence-electron chi connectivity index (χ0n) is 10.1. The highest BCUT2D eigenvalue weighted by atomic mass is 19.1. The number of hydrogen-bond donors (Lipinski definition) is 3. The fraction of sp³-hybridized carbons (Fsp3) is 0.333. The molecule has 4 N–H and O–H groups in total. The Bertz CT molecular complexity index is 474. The summed E-state index contributed by atoms with van der Waals surface area (Å²) >= 11 is 0. The van der Waals surface area contributed by atoms with Gasteiger partial charge in [0.2, 0.25) is 5.91 Å². The Labute approximate surface area is 104 Å². The number of carbonyl (C=O) groups is 2. The van der Waals surface area contributed by atoms with Crippen molar-refractivity contribution < 1.29 is 19.1 Å². The molecule has 0 heterocycles. The molecule has 0 saturated heterocycles. The summed E-state index contributed by atoms with van der Waals surface area (Å²) in [6.07, 6.45) is 0. The summed E-state index contributed by atoms with van der Waals surface area (Å²) in [7, 11) is 0. The van der Waals surface area contributed by atoms with E-state index in [9.17, 15) is 14.0 Å². The van der Waals surface area contributed by atoms with Gasteiger partial charge in [0.15, 0.2) is 0 Å². The SMILES string of the molecule is CC(C)C(N)C(=O)Nc1ccc(F)cc1C(=O)O. The Morgan fingerprint density at radius 1 is 1.39 bits per heavy atom. The smallest absolute Gasteiger partial charge is 0.337 e. The minimum atomic E-state index is -1.32. The average Bonchev–Trinajstić information content (AvgIpc) is 2.29. The molecule has 18 heavy (non-hydrogen) atoms. The number of halogens is 1. The van der Waals surface area contributed by atoms with Crippen molar-refractivity contribution in [2.75, 3.05) is 5.32 Å². The van der Waals surface area contributed by atoms with Crippen molar-refractivity contribution in [2.24, 2.45) is 11.7 Å². The van der Waals surface area contributed by atoms with Crippen LogP contribution < -0.4 is 11.1 Å². The number of carbonyl (C=O) groups excluding carboxylic acids is 1. The Morgan fingerprint density at radius 2 is 2.00 bits per heavy atom. The van der Waals surface area contributed by atoms with E-state index < -0.39 is 23.7 Å². The minimum Gasteiger partial charge on any atom is -0.478 e. The first-order chi connectivity index (χ1) is 8.32. The van der Waals surface area contributed by atoms with Crippen molar-refractivity contribution in [3.05, 3.63) is 29.6 Å². The summed E-state index contributed by atoms with van der Waals surface area (Å²) < 4.78 is 12.9. The summed E-state index contributed by atoms with van der Waals surface area (Å²) in [5, 5.41) is 11.3. The van der Waals surface area contributed by atoms with Gasteiger partial charge in [-0.1, -0.05) is 13.8 Å². The molecule has 6 heteroatoms. The number of nitrogens with one attached hydrogen (secondary N) is 1. The van der Waals surface area contributed by atoms with Gasteiger partial charge in [0.25, 0.3) is 0 Å². The van der Waals surface area contributed by atoms with E-state index in [0.717, 1.165) is 12.1 Å². The summed E-state index contributed by atoms with van der Waals surface area (Å²) in [5.41, 5.74) is 5.36. The number of nitrogens with two attached hydrogens (primary N) is 1. The van der Waals surface area contributed by atoms with Gasteiger partial charge >= 0.3 is 5.97 Å². The third-order valence-corrected chi connectivity index (χ3v) is 2.49. The van der Waals surface area contributed by atoms with Gasteiger partial charge in [-0.05, 0) is 24.1 Å². The first kappa shape index (κ1) is 14.1. The van der Waals surface area contributed by atoms with Crippen LogP contribution in [0.1, 0.15) is 24.2 Å². The quantitative estimate of drug-likeness (QED) is 0.758. The van der Waals surface area contributed by atoms with E-state index in [1.807, 2.05) is 0 Å². The Morgan fingerprint density at radius 3 is 2.50 bits per heavy atom. The van der Waals surface area contributed by atoms with Crippen LogP contribution in [0.3, 0.4) is 0 Å². The molecule has 1 unspecified atom stereocenters. The van der Waals surface area contributed by atoms with Crippen LogP contribution in [0, 0.1) is 11.7 Å². The first-order valence-electron chi connectivity index (χ1n) is 5.42. The number of anilines is 1. The molecule has 0 fully saturated rings. The molecule has 0 saturated carbocycles. The molecule has 0 aliphatic heterocycles. The molecular weight excluding hydrogens is 239 g/mol. The van der Waals surface area contributed by atoms with Crippen LogP contribution in [-0.4, -0.2) is 23.0 Å². The molecule has 98 valence electrons. The van der Waals surface area contributed by atoms with Crippen molar-refractivity contribution in [3.63, 3.8) is 0 Å². The lowest BCUT2D eigenvalue weighted by atomic mass is 10.0. The molecule has 1 rings (SSSR count). The van der Waals surface area contributed by atoms with Crippen LogP contribution in [0.5, 0.6) is 0 Å². The molecule has 1 aromatic rings. The topological polar surface area (TPSA) is 92.4 Å². The van der Waals surface area contributed by atoms with Crippen molar-refractivity contribution in [1.82, 2.24) is 0 Å². The number of amides is 1. The number of hydrogen-bond acceptors (Lipinski definition) is 3. The molecule has 5 nitrogen and oxygen atoms in total. The van der Waals surface area contributed by atoms with Gasteiger partial charge < -0.3 is 16.2 Å². The van der Waals surface area contributed by atoms with Gasteiger partial charge in [-0.2, -0.15) is 0 Å². The average molecular weight is 254 g/mol. The molecule has 0 spiro atoms. The molecule has 0 bridgehead atoms. The standard InChI is InChI=1S/C12H15FN2O3/c1-6(2)10(14)11(16)15-9-4-3-7(13)5-8(9)12(17)18/h3-6,10H,14H2,1-2H3,(H,15,16)(H,17,18). The van der Waals surface area contributed by atoms with E-state index in [0.29, 0.717) is 0 Å². The number of carboxylic acids is 1. The van der Waals surface area contributed by atoms with E-state index in [1.165, 1.54) is 6.07 Å². The maximum Gasteiger partial charge on any atom is 0.337 e. The summed E-state index contributed by atoms with van der Waals surface area (Å²) in [5.74, 6) is -2.58. The molecule has 1 aromatic carbocycles. The third-order valence-electron chi connectivity index (χ3n) is 2.49. The summed E-state index contributed by atoms with van der Waals surface area (Å²) in [6.45, 7) is 3.54.